The van der Waals surface area contributed by atoms with Crippen molar-refractivity contribution in [3.05, 3.63) is 350 Å². The van der Waals surface area contributed by atoms with E-state index in [2.05, 4.69) is 383 Å². The first-order valence-electron chi connectivity index (χ1n) is 46.1. The van der Waals surface area contributed by atoms with Crippen LogP contribution in [0.4, 0.5) is 0 Å². The molecule has 0 aliphatic carbocycles. The molecule has 0 amide bonds. The maximum atomic E-state index is 2.49. The summed E-state index contributed by atoms with van der Waals surface area (Å²) < 4.78 is 0. The summed E-state index contributed by atoms with van der Waals surface area (Å²) in [6, 6.07) is 127. The zero-order chi connectivity index (χ0) is 82.3. The van der Waals surface area contributed by atoms with Crippen molar-refractivity contribution < 1.29 is 0 Å². The maximum Gasteiger partial charge on any atom is -0.00139 e. The molecule has 0 heterocycles. The summed E-state index contributed by atoms with van der Waals surface area (Å²) in [6.45, 7) is 18.6. The quantitative estimate of drug-likeness (QED) is 0.0343. The molecule has 0 bridgehead atoms. The van der Waals surface area contributed by atoms with Gasteiger partial charge in [0.25, 0.3) is 0 Å². The van der Waals surface area contributed by atoms with E-state index in [1.54, 1.807) is 0 Å². The molecule has 0 nitrogen and oxygen atoms in total. The van der Waals surface area contributed by atoms with Crippen molar-refractivity contribution in [1.29, 1.82) is 0 Å². The maximum absolute atomic E-state index is 2.49. The molecule has 16 rings (SSSR count). The normalized spacial score (nSPS) is 12.7. The van der Waals surface area contributed by atoms with Crippen molar-refractivity contribution in [3.8, 4) is 134 Å². The van der Waals surface area contributed by atoms with Gasteiger partial charge in [0.1, 0.15) is 0 Å². The van der Waals surface area contributed by atoms with Crippen LogP contribution in [0, 0.1) is 23.7 Å². The van der Waals surface area contributed by atoms with Crippen molar-refractivity contribution in [1.82, 2.24) is 0 Å². The SMILES string of the molecule is CCCCC(CC)Cc1ccc(-c2ccc(-c3ccc(-c4cc(-c5ccc(-c6ccc(-c7ccc(CC(CC)CCCC)cc7)cc6)cc5)c5ccc6c(-c7ccc(-c8ccc(-c9ccc(CC(CC)CCCC)cc9)cc8)cc7)cc(-c7ccc(-c8ccc(-c9ccc(CC(CC)CCCC)cc9)cc8)cc7)c7ccc4c5c76)cc3)cc2)cc1. The molecule has 0 aromatic heterocycles. The van der Waals surface area contributed by atoms with Crippen LogP contribution in [0.25, 0.3) is 166 Å². The number of benzene rings is 16. The Labute approximate surface area is 718 Å². The Hall–Kier alpha value is -11.4. The summed E-state index contributed by atoms with van der Waals surface area (Å²) in [5.74, 6) is 3.00. The fourth-order valence-electron chi connectivity index (χ4n) is 19.2. The van der Waals surface area contributed by atoms with E-state index in [1.165, 1.54) is 291 Å². The highest BCUT2D eigenvalue weighted by atomic mass is 14.3. The smallest absolute Gasteiger partial charge is 0.00139 e. The second-order valence-corrected chi connectivity index (χ2v) is 34.9. The highest BCUT2D eigenvalue weighted by Gasteiger charge is 2.23. The van der Waals surface area contributed by atoms with Gasteiger partial charge >= 0.3 is 0 Å². The van der Waals surface area contributed by atoms with Gasteiger partial charge in [0.15, 0.2) is 0 Å². The third-order valence-corrected chi connectivity index (χ3v) is 27.0. The Morgan fingerprint density at radius 2 is 0.292 bits per heavy atom. The van der Waals surface area contributed by atoms with Crippen molar-refractivity contribution in [3.63, 3.8) is 0 Å². The van der Waals surface area contributed by atoms with Gasteiger partial charge in [-0.3, -0.25) is 0 Å². The minimum Gasteiger partial charge on any atom is -0.0654 e. The average molecular weight is 1560 g/mol. The Morgan fingerprint density at radius 1 is 0.158 bits per heavy atom. The summed E-state index contributed by atoms with van der Waals surface area (Å²) in [5.41, 5.74) is 35.1. The van der Waals surface area contributed by atoms with Gasteiger partial charge in [0, 0.05) is 0 Å². The van der Waals surface area contributed by atoms with E-state index in [9.17, 15) is 0 Å². The Bertz CT molecular complexity index is 5200. The predicted molar refractivity (Wildman–Crippen MR) is 523 cm³/mol. The van der Waals surface area contributed by atoms with Crippen LogP contribution in [0.2, 0.25) is 0 Å². The predicted octanol–water partition coefficient (Wildman–Crippen LogP) is 35.6. The lowest BCUT2D eigenvalue weighted by Crippen LogP contribution is -2.03. The van der Waals surface area contributed by atoms with Gasteiger partial charge in [0.05, 0.1) is 0 Å². The molecule has 0 N–H and O–H groups in total. The largest absolute Gasteiger partial charge is 0.0654 e. The molecule has 0 aliphatic heterocycles. The molecule has 0 spiro atoms. The van der Waals surface area contributed by atoms with Gasteiger partial charge in [-0.25, -0.2) is 0 Å². The number of unbranched alkanes of at least 4 members (excludes halogenated alkanes) is 4. The summed E-state index contributed by atoms with van der Waals surface area (Å²) in [7, 11) is 0. The van der Waals surface area contributed by atoms with E-state index >= 15 is 0 Å². The van der Waals surface area contributed by atoms with Gasteiger partial charge in [-0.2, -0.15) is 0 Å². The molecule has 0 fully saturated rings. The molecular formula is C120H122. The fourth-order valence-corrected chi connectivity index (χ4v) is 19.2. The molecule has 0 saturated carbocycles. The number of hydrogen-bond donors (Lipinski definition) is 0. The van der Waals surface area contributed by atoms with Crippen LogP contribution >= 0.6 is 0 Å². The molecule has 602 valence electrons. The lowest BCUT2D eigenvalue weighted by molar-refractivity contribution is 0.449. The molecular weight excluding hydrogens is 1440 g/mol. The minimum atomic E-state index is 0.750. The van der Waals surface area contributed by atoms with Crippen LogP contribution in [0.1, 0.15) is 180 Å². The molecule has 0 aliphatic rings. The molecule has 0 heteroatoms. The van der Waals surface area contributed by atoms with Crippen LogP contribution in [0.5, 0.6) is 0 Å². The summed E-state index contributed by atoms with van der Waals surface area (Å²) in [6.07, 6.45) is 25.1. The molecule has 0 radical (unpaired) electrons. The van der Waals surface area contributed by atoms with Gasteiger partial charge in [-0.1, -0.05) is 474 Å². The van der Waals surface area contributed by atoms with Crippen LogP contribution in [0.15, 0.2) is 328 Å². The molecule has 4 unspecified atom stereocenters. The van der Waals surface area contributed by atoms with E-state index < -0.39 is 0 Å². The molecule has 16 aromatic rings. The molecule has 4 atom stereocenters. The van der Waals surface area contributed by atoms with E-state index in [1.807, 2.05) is 0 Å². The third kappa shape index (κ3) is 18.9. The summed E-state index contributed by atoms with van der Waals surface area (Å²) >= 11 is 0. The Morgan fingerprint density at radius 3 is 0.425 bits per heavy atom. The van der Waals surface area contributed by atoms with E-state index in [4.69, 9.17) is 0 Å². The van der Waals surface area contributed by atoms with Gasteiger partial charge in [-0.15, -0.1) is 0 Å². The Balaban J connectivity index is 0.770. The summed E-state index contributed by atoms with van der Waals surface area (Å²) in [5, 5.41) is 7.57. The lowest BCUT2D eigenvalue weighted by atomic mass is 9.81. The molecule has 0 saturated heterocycles. The monoisotopic (exact) mass is 1560 g/mol. The first kappa shape index (κ1) is 82.3. The van der Waals surface area contributed by atoms with Crippen LogP contribution < -0.4 is 0 Å². The van der Waals surface area contributed by atoms with Crippen molar-refractivity contribution in [2.45, 2.75) is 184 Å². The minimum absolute atomic E-state index is 0.750. The molecule has 120 heavy (non-hydrogen) atoms. The van der Waals surface area contributed by atoms with Crippen molar-refractivity contribution in [2.24, 2.45) is 23.7 Å². The highest BCUT2D eigenvalue weighted by molar-refractivity contribution is 6.32. The highest BCUT2D eigenvalue weighted by Crippen LogP contribution is 2.50. The van der Waals surface area contributed by atoms with Crippen LogP contribution in [-0.4, -0.2) is 0 Å². The second-order valence-electron chi connectivity index (χ2n) is 34.9. The van der Waals surface area contributed by atoms with Crippen molar-refractivity contribution >= 4 is 32.3 Å². The van der Waals surface area contributed by atoms with Gasteiger partial charge in [-0.05, 0) is 250 Å². The Kier molecular flexibility index (Phi) is 26.9. The zero-order valence-electron chi connectivity index (χ0n) is 72.6. The zero-order valence-corrected chi connectivity index (χ0v) is 72.6. The fraction of sp³-hybridized carbons (Fsp3) is 0.267. The number of rotatable bonds is 36. The second kappa shape index (κ2) is 39.2. The number of hydrogen-bond acceptors (Lipinski definition) is 0. The lowest BCUT2D eigenvalue weighted by Gasteiger charge is -2.22. The van der Waals surface area contributed by atoms with E-state index in [0.717, 1.165) is 49.4 Å². The van der Waals surface area contributed by atoms with Crippen molar-refractivity contribution in [2.75, 3.05) is 0 Å². The molecule has 16 aromatic carbocycles. The standard InChI is InChI=1S/C120H122/c1-9-17-21-83(13-5)77-87-25-33-91(34-26-87)95-41-49-99(50-42-95)103-57-65-107(66-58-103)115-81-116(108-67-59-104(60-68-108)100-51-43-96(44-52-100)92-35-27-88(28-36-92)78-84(14-6)22-18-10-2)112-75-76-114-118(110-71-63-106(64-72-110)102-55-47-98(48-56-102)94-39-31-90(32-40-94)80-86(16-8)24-20-12-4)82-117(113-74-73-111(115)119(112)120(113)114)109-69-61-105(62-70-109)101-53-45-97(46-54-101)93-37-29-89(30-38-93)79-85(15-7)23-19-11-3/h25-76,81-86H,9-24,77-80H2,1-8H3. The average Bonchev–Trinajstić information content (AvgIpc) is 0.706. The topological polar surface area (TPSA) is 0 Å². The first-order chi connectivity index (χ1) is 59.1. The summed E-state index contributed by atoms with van der Waals surface area (Å²) in [4.78, 5) is 0. The van der Waals surface area contributed by atoms with E-state index in [0.29, 0.717) is 0 Å². The van der Waals surface area contributed by atoms with Gasteiger partial charge in [0.2, 0.25) is 0 Å². The van der Waals surface area contributed by atoms with Gasteiger partial charge < -0.3 is 0 Å². The third-order valence-electron chi connectivity index (χ3n) is 27.0. The van der Waals surface area contributed by atoms with Crippen LogP contribution in [-0.2, 0) is 25.7 Å². The van der Waals surface area contributed by atoms with E-state index in [-0.39, 0.29) is 0 Å². The first-order valence-corrected chi connectivity index (χ1v) is 46.1. The van der Waals surface area contributed by atoms with Crippen LogP contribution in [0.3, 0.4) is 0 Å².